The molecule has 0 amide bonds. The molecule has 0 aliphatic carbocycles. The average molecular weight is 303 g/mol. The third kappa shape index (κ3) is 2.45. The van der Waals surface area contributed by atoms with Crippen molar-refractivity contribution in [3.05, 3.63) is 33.9 Å². The van der Waals surface area contributed by atoms with Crippen LogP contribution < -0.4 is 4.74 Å². The van der Waals surface area contributed by atoms with Gasteiger partial charge in [0.05, 0.1) is 11.1 Å². The molecule has 0 spiro atoms. The standard InChI is InChI=1S/C13H6ClF3O3/c1-2-6-3-8(14)4-7-5-9(12(18)19)11(13(15,16)17)20-10(6)7/h1,3-5,11H,(H,18,19)/t11-/m0/s1. The first-order chi connectivity index (χ1) is 9.24. The van der Waals surface area contributed by atoms with Crippen molar-refractivity contribution in [3.63, 3.8) is 0 Å². The van der Waals surface area contributed by atoms with Gasteiger partial charge >= 0.3 is 12.1 Å². The quantitative estimate of drug-likeness (QED) is 0.811. The molecule has 1 heterocycles. The number of ether oxygens (including phenoxy) is 1. The first-order valence-electron chi connectivity index (χ1n) is 5.22. The van der Waals surface area contributed by atoms with Crippen LogP contribution >= 0.6 is 11.6 Å². The molecule has 0 saturated heterocycles. The summed E-state index contributed by atoms with van der Waals surface area (Å²) in [6.07, 6.45) is -1.38. The number of hydrogen-bond donors (Lipinski definition) is 1. The van der Waals surface area contributed by atoms with Gasteiger partial charge in [0.15, 0.2) is 0 Å². The van der Waals surface area contributed by atoms with Gasteiger partial charge in [-0.25, -0.2) is 4.79 Å². The zero-order chi connectivity index (χ0) is 15.1. The summed E-state index contributed by atoms with van der Waals surface area (Å²) in [5.74, 6) is 0.232. The van der Waals surface area contributed by atoms with Crippen molar-refractivity contribution in [1.82, 2.24) is 0 Å². The Kier molecular flexibility index (Phi) is 3.40. The van der Waals surface area contributed by atoms with E-state index in [0.717, 1.165) is 6.08 Å². The van der Waals surface area contributed by atoms with Gasteiger partial charge in [-0.05, 0) is 18.2 Å². The highest BCUT2D eigenvalue weighted by Crippen LogP contribution is 2.40. The Labute approximate surface area is 116 Å². The molecule has 7 heteroatoms. The topological polar surface area (TPSA) is 46.5 Å². The van der Waals surface area contributed by atoms with Gasteiger partial charge in [0, 0.05) is 10.6 Å². The monoisotopic (exact) mass is 302 g/mol. The summed E-state index contributed by atoms with van der Waals surface area (Å²) >= 11 is 5.76. The summed E-state index contributed by atoms with van der Waals surface area (Å²) in [4.78, 5) is 10.9. The Balaban J connectivity index is 2.66. The number of carboxylic acid groups (broad SMARTS) is 1. The van der Waals surface area contributed by atoms with Crippen LogP contribution in [0.4, 0.5) is 13.2 Å². The third-order valence-electron chi connectivity index (χ3n) is 2.61. The van der Waals surface area contributed by atoms with Crippen molar-refractivity contribution in [2.24, 2.45) is 0 Å². The van der Waals surface area contributed by atoms with Gasteiger partial charge in [-0.15, -0.1) is 6.42 Å². The zero-order valence-corrected chi connectivity index (χ0v) is 10.4. The molecule has 1 N–H and O–H groups in total. The number of terminal acetylenes is 1. The Morgan fingerprint density at radius 3 is 2.60 bits per heavy atom. The van der Waals surface area contributed by atoms with E-state index in [4.69, 9.17) is 27.9 Å². The first kappa shape index (κ1) is 14.3. The normalized spacial score (nSPS) is 17.6. The summed E-state index contributed by atoms with van der Waals surface area (Å²) < 4.78 is 43.3. The molecule has 1 aromatic carbocycles. The minimum Gasteiger partial charge on any atom is -0.478 e. The predicted octanol–water partition coefficient (Wildman–Crippen LogP) is 3.11. The molecule has 1 aliphatic heterocycles. The summed E-state index contributed by atoms with van der Waals surface area (Å²) in [6.45, 7) is 0. The Morgan fingerprint density at radius 2 is 2.10 bits per heavy atom. The van der Waals surface area contributed by atoms with E-state index in [9.17, 15) is 18.0 Å². The number of aliphatic carboxylic acids is 1. The molecular weight excluding hydrogens is 297 g/mol. The van der Waals surface area contributed by atoms with Gasteiger partial charge in [-0.3, -0.25) is 0 Å². The lowest BCUT2D eigenvalue weighted by Crippen LogP contribution is -2.40. The molecule has 1 atom stereocenters. The maximum atomic E-state index is 12.9. The maximum absolute atomic E-state index is 12.9. The maximum Gasteiger partial charge on any atom is 0.430 e. The summed E-state index contributed by atoms with van der Waals surface area (Å²) in [7, 11) is 0. The number of hydrogen-bond acceptors (Lipinski definition) is 2. The van der Waals surface area contributed by atoms with Crippen LogP contribution in [0.5, 0.6) is 5.75 Å². The fourth-order valence-corrected chi connectivity index (χ4v) is 2.03. The van der Waals surface area contributed by atoms with E-state index in [1.807, 2.05) is 0 Å². The first-order valence-corrected chi connectivity index (χ1v) is 5.60. The van der Waals surface area contributed by atoms with Gasteiger partial charge < -0.3 is 9.84 Å². The lowest BCUT2D eigenvalue weighted by Gasteiger charge is -2.27. The molecule has 0 bridgehead atoms. The molecule has 104 valence electrons. The van der Waals surface area contributed by atoms with Crippen LogP contribution in [-0.2, 0) is 4.79 Å². The van der Waals surface area contributed by atoms with E-state index in [0.29, 0.717) is 0 Å². The highest BCUT2D eigenvalue weighted by atomic mass is 35.5. The van der Waals surface area contributed by atoms with Gasteiger partial charge in [0.1, 0.15) is 5.75 Å². The number of carboxylic acids is 1. The van der Waals surface area contributed by atoms with E-state index in [-0.39, 0.29) is 21.9 Å². The van der Waals surface area contributed by atoms with Crippen molar-refractivity contribution in [2.45, 2.75) is 12.3 Å². The van der Waals surface area contributed by atoms with Crippen molar-refractivity contribution < 1.29 is 27.8 Å². The number of alkyl halides is 3. The van der Waals surface area contributed by atoms with Crippen molar-refractivity contribution in [2.75, 3.05) is 0 Å². The molecular formula is C13H6ClF3O3. The predicted molar refractivity (Wildman–Crippen MR) is 65.5 cm³/mol. The molecule has 0 unspecified atom stereocenters. The number of carbonyl (C=O) groups is 1. The Hall–Kier alpha value is -2.13. The Bertz CT molecular complexity index is 656. The van der Waals surface area contributed by atoms with E-state index in [2.05, 4.69) is 5.92 Å². The van der Waals surface area contributed by atoms with Crippen LogP contribution in [-0.4, -0.2) is 23.4 Å². The van der Waals surface area contributed by atoms with Crippen LogP contribution in [0, 0.1) is 12.3 Å². The second-order valence-corrected chi connectivity index (χ2v) is 4.40. The van der Waals surface area contributed by atoms with Gasteiger partial charge in [0.2, 0.25) is 6.10 Å². The van der Waals surface area contributed by atoms with Crippen molar-refractivity contribution >= 4 is 23.6 Å². The summed E-state index contributed by atoms with van der Waals surface area (Å²) in [5.41, 5.74) is -0.791. The molecule has 2 rings (SSSR count). The third-order valence-corrected chi connectivity index (χ3v) is 2.83. The highest BCUT2D eigenvalue weighted by molar-refractivity contribution is 6.31. The van der Waals surface area contributed by atoms with E-state index >= 15 is 0 Å². The molecule has 20 heavy (non-hydrogen) atoms. The summed E-state index contributed by atoms with van der Waals surface area (Å²) in [6, 6.07) is 2.56. The second-order valence-electron chi connectivity index (χ2n) is 3.96. The molecule has 0 radical (unpaired) electrons. The van der Waals surface area contributed by atoms with Crippen LogP contribution in [0.3, 0.4) is 0 Å². The van der Waals surface area contributed by atoms with Crippen molar-refractivity contribution in [3.8, 4) is 18.1 Å². The molecule has 0 aromatic heterocycles. The van der Waals surface area contributed by atoms with Gasteiger partial charge in [0.25, 0.3) is 0 Å². The highest BCUT2D eigenvalue weighted by Gasteiger charge is 2.48. The van der Waals surface area contributed by atoms with Crippen LogP contribution in [0.1, 0.15) is 11.1 Å². The van der Waals surface area contributed by atoms with Crippen LogP contribution in [0.2, 0.25) is 5.02 Å². The molecule has 3 nitrogen and oxygen atoms in total. The van der Waals surface area contributed by atoms with E-state index in [1.165, 1.54) is 12.1 Å². The fraction of sp³-hybridized carbons (Fsp3) is 0.154. The molecule has 0 saturated carbocycles. The number of halogens is 4. The van der Waals surface area contributed by atoms with Gasteiger partial charge in [-0.1, -0.05) is 17.5 Å². The lowest BCUT2D eigenvalue weighted by atomic mass is 9.99. The largest absolute Gasteiger partial charge is 0.478 e. The Morgan fingerprint density at radius 1 is 1.45 bits per heavy atom. The lowest BCUT2D eigenvalue weighted by molar-refractivity contribution is -0.187. The van der Waals surface area contributed by atoms with Gasteiger partial charge in [-0.2, -0.15) is 13.2 Å². The summed E-state index contributed by atoms with van der Waals surface area (Å²) in [5, 5.41) is 9.04. The SMILES string of the molecule is C#Cc1cc(Cl)cc2c1O[C@H](C(F)(F)F)C(C(=O)O)=C2. The minimum atomic E-state index is -4.87. The molecule has 0 fully saturated rings. The fourth-order valence-electron chi connectivity index (χ4n) is 1.80. The van der Waals surface area contributed by atoms with Crippen LogP contribution in [0.25, 0.3) is 6.08 Å². The molecule has 1 aliphatic rings. The number of fused-ring (bicyclic) bond motifs is 1. The van der Waals surface area contributed by atoms with Crippen molar-refractivity contribution in [1.29, 1.82) is 0 Å². The zero-order valence-electron chi connectivity index (χ0n) is 9.66. The number of benzene rings is 1. The van der Waals surface area contributed by atoms with Crippen LogP contribution in [0.15, 0.2) is 17.7 Å². The second kappa shape index (κ2) is 4.76. The minimum absolute atomic E-state index is 0.0300. The average Bonchev–Trinajstić information content (AvgIpc) is 2.34. The smallest absolute Gasteiger partial charge is 0.430 e. The molecule has 1 aromatic rings. The number of rotatable bonds is 1. The van der Waals surface area contributed by atoms with E-state index < -0.39 is 23.8 Å². The van der Waals surface area contributed by atoms with E-state index in [1.54, 1.807) is 0 Å².